The number of methoxy groups -OCH3 is 2. The molecule has 0 unspecified atom stereocenters. The highest BCUT2D eigenvalue weighted by molar-refractivity contribution is 5.94. The van der Waals surface area contributed by atoms with Crippen LogP contribution in [0.4, 0.5) is 10.1 Å². The van der Waals surface area contributed by atoms with Crippen LogP contribution >= 0.6 is 0 Å². The smallest absolute Gasteiger partial charge is 0.271 e. The first-order valence-electron chi connectivity index (χ1n) is 8.96. The maximum atomic E-state index is 13.1. The van der Waals surface area contributed by atoms with Gasteiger partial charge in [0.2, 0.25) is 5.88 Å². The standard InChI is InChI=1S/C21H20FN3O5/c1-13(21(27)23-15-10-17(28-2)12-18(11-15)29-3)30-19-8-9-20(26)25(24-19)16-6-4-14(22)5-7-16/h4-13H,1-3H3,(H,23,27)/t13-/m0/s1. The molecule has 1 N–H and O–H groups in total. The van der Waals surface area contributed by atoms with Gasteiger partial charge in [-0.2, -0.15) is 4.68 Å². The Kier molecular flexibility index (Phi) is 6.31. The molecule has 9 heteroatoms. The molecule has 0 fully saturated rings. The summed E-state index contributed by atoms with van der Waals surface area (Å²) in [4.78, 5) is 24.6. The number of nitrogens with one attached hydrogen (secondary N) is 1. The third kappa shape index (κ3) is 4.93. The van der Waals surface area contributed by atoms with Gasteiger partial charge in [0.1, 0.15) is 17.3 Å². The number of hydrogen-bond donors (Lipinski definition) is 1. The monoisotopic (exact) mass is 413 g/mol. The molecule has 8 nitrogen and oxygen atoms in total. The molecule has 0 spiro atoms. The van der Waals surface area contributed by atoms with E-state index in [0.717, 1.165) is 4.68 Å². The van der Waals surface area contributed by atoms with Crippen molar-refractivity contribution in [1.82, 2.24) is 9.78 Å². The van der Waals surface area contributed by atoms with Crippen LogP contribution in [0.3, 0.4) is 0 Å². The van der Waals surface area contributed by atoms with Crippen molar-refractivity contribution in [3.63, 3.8) is 0 Å². The predicted octanol–water partition coefficient (Wildman–Crippen LogP) is 2.79. The molecule has 0 aliphatic rings. The number of benzene rings is 2. The summed E-state index contributed by atoms with van der Waals surface area (Å²) in [5.41, 5.74) is 0.415. The van der Waals surface area contributed by atoms with Crippen molar-refractivity contribution in [2.24, 2.45) is 0 Å². The molecule has 1 aromatic heterocycles. The summed E-state index contributed by atoms with van der Waals surface area (Å²) < 4.78 is 30.1. The third-order valence-corrected chi connectivity index (χ3v) is 4.13. The van der Waals surface area contributed by atoms with Crippen molar-refractivity contribution in [2.75, 3.05) is 19.5 Å². The van der Waals surface area contributed by atoms with Crippen LogP contribution in [0.2, 0.25) is 0 Å². The Morgan fingerprint density at radius 3 is 2.27 bits per heavy atom. The van der Waals surface area contributed by atoms with Gasteiger partial charge in [-0.15, -0.1) is 5.10 Å². The highest BCUT2D eigenvalue weighted by Gasteiger charge is 2.17. The number of anilines is 1. The van der Waals surface area contributed by atoms with Gasteiger partial charge in [-0.25, -0.2) is 4.39 Å². The molecule has 0 aliphatic carbocycles. The summed E-state index contributed by atoms with van der Waals surface area (Å²) in [7, 11) is 3.02. The maximum absolute atomic E-state index is 13.1. The Labute approximate surface area is 171 Å². The van der Waals surface area contributed by atoms with Crippen LogP contribution in [0.15, 0.2) is 59.4 Å². The van der Waals surface area contributed by atoms with E-state index in [2.05, 4.69) is 10.4 Å². The zero-order chi connectivity index (χ0) is 21.7. The molecule has 1 atom stereocenters. The quantitative estimate of drug-likeness (QED) is 0.641. The topological polar surface area (TPSA) is 91.7 Å². The highest BCUT2D eigenvalue weighted by Crippen LogP contribution is 2.26. The lowest BCUT2D eigenvalue weighted by atomic mass is 10.2. The Hall–Kier alpha value is -3.88. The van der Waals surface area contributed by atoms with Crippen LogP contribution < -0.4 is 25.1 Å². The van der Waals surface area contributed by atoms with Crippen LogP contribution in [0.1, 0.15) is 6.92 Å². The van der Waals surface area contributed by atoms with E-state index in [0.29, 0.717) is 22.9 Å². The van der Waals surface area contributed by atoms with Crippen molar-refractivity contribution >= 4 is 11.6 Å². The van der Waals surface area contributed by atoms with Crippen LogP contribution in [-0.4, -0.2) is 36.0 Å². The van der Waals surface area contributed by atoms with Gasteiger partial charge in [0.25, 0.3) is 11.5 Å². The minimum atomic E-state index is -0.922. The van der Waals surface area contributed by atoms with Gasteiger partial charge in [-0.1, -0.05) is 0 Å². The van der Waals surface area contributed by atoms with Gasteiger partial charge >= 0.3 is 0 Å². The van der Waals surface area contributed by atoms with Crippen molar-refractivity contribution in [3.05, 3.63) is 70.8 Å². The summed E-state index contributed by atoms with van der Waals surface area (Å²) in [6.07, 6.45) is -0.922. The van der Waals surface area contributed by atoms with Gasteiger partial charge < -0.3 is 19.5 Å². The fraction of sp³-hybridized carbons (Fsp3) is 0.190. The van der Waals surface area contributed by atoms with E-state index in [1.807, 2.05) is 0 Å². The third-order valence-electron chi connectivity index (χ3n) is 4.13. The number of amides is 1. The molecule has 0 saturated heterocycles. The van der Waals surface area contributed by atoms with E-state index in [9.17, 15) is 14.0 Å². The van der Waals surface area contributed by atoms with E-state index in [1.54, 1.807) is 25.1 Å². The number of carbonyl (C=O) groups excluding carboxylic acids is 1. The van der Waals surface area contributed by atoms with Gasteiger partial charge in [-0.05, 0) is 31.2 Å². The van der Waals surface area contributed by atoms with Crippen molar-refractivity contribution < 1.29 is 23.4 Å². The SMILES string of the molecule is COc1cc(NC(=O)[C@H](C)Oc2ccc(=O)n(-c3ccc(F)cc3)n2)cc(OC)c1. The molecule has 1 heterocycles. The Balaban J connectivity index is 1.75. The Bertz CT molecular complexity index is 1080. The van der Waals surface area contributed by atoms with E-state index < -0.39 is 23.4 Å². The molecule has 3 rings (SSSR count). The Morgan fingerprint density at radius 2 is 1.67 bits per heavy atom. The molecular formula is C21H20FN3O5. The number of carbonyl (C=O) groups is 1. The second kappa shape index (κ2) is 9.08. The molecule has 2 aromatic carbocycles. The zero-order valence-corrected chi connectivity index (χ0v) is 16.6. The molecule has 0 saturated carbocycles. The summed E-state index contributed by atoms with van der Waals surface area (Å²) >= 11 is 0. The van der Waals surface area contributed by atoms with E-state index in [4.69, 9.17) is 14.2 Å². The zero-order valence-electron chi connectivity index (χ0n) is 16.6. The van der Waals surface area contributed by atoms with Crippen LogP contribution in [0.25, 0.3) is 5.69 Å². The molecular weight excluding hydrogens is 393 g/mol. The fourth-order valence-corrected chi connectivity index (χ4v) is 2.58. The van der Waals surface area contributed by atoms with Gasteiger partial charge in [0.05, 0.1) is 19.9 Å². The number of ether oxygens (including phenoxy) is 3. The Morgan fingerprint density at radius 1 is 1.03 bits per heavy atom. The maximum Gasteiger partial charge on any atom is 0.271 e. The van der Waals surface area contributed by atoms with E-state index >= 15 is 0 Å². The average Bonchev–Trinajstić information content (AvgIpc) is 2.75. The first-order chi connectivity index (χ1) is 14.4. The first-order valence-corrected chi connectivity index (χ1v) is 8.96. The lowest BCUT2D eigenvalue weighted by Gasteiger charge is -2.15. The van der Waals surface area contributed by atoms with Crippen LogP contribution in [0.5, 0.6) is 17.4 Å². The van der Waals surface area contributed by atoms with Crippen LogP contribution in [-0.2, 0) is 4.79 Å². The summed E-state index contributed by atoms with van der Waals surface area (Å²) in [6.45, 7) is 1.54. The van der Waals surface area contributed by atoms with Crippen molar-refractivity contribution in [3.8, 4) is 23.1 Å². The second-order valence-corrected chi connectivity index (χ2v) is 6.25. The number of halogens is 1. The lowest BCUT2D eigenvalue weighted by molar-refractivity contribution is -0.122. The van der Waals surface area contributed by atoms with E-state index in [1.165, 1.54) is 50.6 Å². The number of hydrogen-bond acceptors (Lipinski definition) is 6. The minimum Gasteiger partial charge on any atom is -0.497 e. The molecule has 3 aromatic rings. The van der Waals surface area contributed by atoms with Gasteiger partial charge in [-0.3, -0.25) is 9.59 Å². The predicted molar refractivity (Wildman–Crippen MR) is 108 cm³/mol. The fourth-order valence-electron chi connectivity index (χ4n) is 2.58. The lowest BCUT2D eigenvalue weighted by Crippen LogP contribution is -2.31. The molecule has 1 amide bonds. The van der Waals surface area contributed by atoms with E-state index in [-0.39, 0.29) is 5.88 Å². The van der Waals surface area contributed by atoms with Gasteiger partial charge in [0.15, 0.2) is 6.10 Å². The summed E-state index contributed by atoms with van der Waals surface area (Å²) in [5, 5.41) is 6.81. The molecule has 156 valence electrons. The second-order valence-electron chi connectivity index (χ2n) is 6.25. The molecule has 0 aliphatic heterocycles. The average molecular weight is 413 g/mol. The van der Waals surface area contributed by atoms with Gasteiger partial charge in [0, 0.05) is 36.0 Å². The van der Waals surface area contributed by atoms with Crippen molar-refractivity contribution in [2.45, 2.75) is 13.0 Å². The largest absolute Gasteiger partial charge is 0.497 e. The molecule has 30 heavy (non-hydrogen) atoms. The summed E-state index contributed by atoms with van der Waals surface area (Å²) in [6, 6.07) is 12.8. The first kappa shape index (κ1) is 20.8. The van der Waals surface area contributed by atoms with Crippen molar-refractivity contribution in [1.29, 1.82) is 0 Å². The normalized spacial score (nSPS) is 11.5. The number of aromatic nitrogens is 2. The minimum absolute atomic E-state index is 0.0600. The number of rotatable bonds is 7. The summed E-state index contributed by atoms with van der Waals surface area (Å²) in [5.74, 6) is 0.229. The molecule has 0 radical (unpaired) electrons. The highest BCUT2D eigenvalue weighted by atomic mass is 19.1. The molecule has 0 bridgehead atoms. The van der Waals surface area contributed by atoms with Crippen LogP contribution in [0, 0.1) is 5.82 Å². The number of nitrogens with zero attached hydrogens (tertiary/aromatic N) is 2.